The van der Waals surface area contributed by atoms with Gasteiger partial charge in [-0.05, 0) is 36.6 Å². The summed E-state index contributed by atoms with van der Waals surface area (Å²) in [4.78, 5) is 35.6. The number of carbonyl (C=O) groups excluding carboxylic acids is 2. The van der Waals surface area contributed by atoms with Crippen molar-refractivity contribution in [3.63, 3.8) is 0 Å². The Balaban J connectivity index is 1.31. The number of carbonyl (C=O) groups is 2. The first kappa shape index (κ1) is 20.5. The van der Waals surface area contributed by atoms with Crippen LogP contribution in [0.4, 0.5) is 0 Å². The van der Waals surface area contributed by atoms with Gasteiger partial charge in [-0.15, -0.1) is 11.3 Å². The van der Waals surface area contributed by atoms with Crippen molar-refractivity contribution in [1.29, 1.82) is 0 Å². The van der Waals surface area contributed by atoms with Gasteiger partial charge in [-0.25, -0.2) is 4.98 Å². The highest BCUT2D eigenvalue weighted by molar-refractivity contribution is 7.13. The fourth-order valence-corrected chi connectivity index (χ4v) is 4.45. The predicted octanol–water partition coefficient (Wildman–Crippen LogP) is 4.03. The largest absolute Gasteiger partial charge is 0.352 e. The van der Waals surface area contributed by atoms with Crippen LogP contribution in [0.1, 0.15) is 28.9 Å². The average Bonchev–Trinajstić information content (AvgIpc) is 3.28. The molecule has 4 rings (SSSR count). The fraction of sp³-hybridized carbons (Fsp3) is 0.273. The van der Waals surface area contributed by atoms with E-state index in [-0.39, 0.29) is 17.7 Å². The van der Waals surface area contributed by atoms with Crippen LogP contribution in [0.5, 0.6) is 0 Å². The monoisotopic (exact) mass is 440 g/mol. The van der Waals surface area contributed by atoms with Gasteiger partial charge in [0.25, 0.3) is 5.91 Å². The smallest absolute Gasteiger partial charge is 0.273 e. The zero-order chi connectivity index (χ0) is 20.9. The molecule has 0 bridgehead atoms. The number of likely N-dealkylation sites (tertiary alicyclic amines) is 1. The van der Waals surface area contributed by atoms with Crippen LogP contribution >= 0.6 is 22.9 Å². The average molecular weight is 441 g/mol. The lowest BCUT2D eigenvalue weighted by molar-refractivity contribution is -0.126. The van der Waals surface area contributed by atoms with Gasteiger partial charge >= 0.3 is 0 Å². The number of hydrogen-bond acceptors (Lipinski definition) is 5. The minimum absolute atomic E-state index is 0.0304. The Morgan fingerprint density at radius 2 is 2.03 bits per heavy atom. The van der Waals surface area contributed by atoms with Crippen molar-refractivity contribution >= 4 is 34.8 Å². The molecule has 1 fully saturated rings. The zero-order valence-corrected chi connectivity index (χ0v) is 17.8. The standard InChI is InChI=1S/C22H21ClN4O2S/c23-18-5-1-4-17(11-18)21-26-19(14-30-21)22(29)27-9-6-16(7-10-27)20(28)25-13-15-3-2-8-24-12-15/h1-5,8,11-12,14,16H,6-7,9-10,13H2,(H,25,28). The van der Waals surface area contributed by atoms with E-state index in [9.17, 15) is 9.59 Å². The van der Waals surface area contributed by atoms with E-state index in [1.807, 2.05) is 36.4 Å². The van der Waals surface area contributed by atoms with Gasteiger partial charge in [0.1, 0.15) is 10.7 Å². The maximum absolute atomic E-state index is 12.8. The number of pyridine rings is 1. The Kier molecular flexibility index (Phi) is 6.40. The number of hydrogen-bond donors (Lipinski definition) is 1. The molecule has 154 valence electrons. The molecule has 0 atom stereocenters. The van der Waals surface area contributed by atoms with Crippen LogP contribution in [0.3, 0.4) is 0 Å². The first-order valence-electron chi connectivity index (χ1n) is 9.77. The van der Waals surface area contributed by atoms with E-state index < -0.39 is 0 Å². The topological polar surface area (TPSA) is 75.2 Å². The summed E-state index contributed by atoms with van der Waals surface area (Å²) in [6.07, 6.45) is 4.75. The molecule has 0 saturated carbocycles. The van der Waals surface area contributed by atoms with Crippen molar-refractivity contribution in [2.75, 3.05) is 13.1 Å². The normalized spacial score (nSPS) is 14.5. The summed E-state index contributed by atoms with van der Waals surface area (Å²) in [5, 5.41) is 6.16. The minimum atomic E-state index is -0.0891. The molecule has 3 aromatic rings. The molecule has 0 unspecified atom stereocenters. The van der Waals surface area contributed by atoms with Gasteiger partial charge in [0.15, 0.2) is 0 Å². The minimum Gasteiger partial charge on any atom is -0.352 e. The van der Waals surface area contributed by atoms with Crippen molar-refractivity contribution in [3.05, 3.63) is 70.5 Å². The summed E-state index contributed by atoms with van der Waals surface area (Å²) in [5.74, 6) is -0.139. The van der Waals surface area contributed by atoms with Gasteiger partial charge in [-0.2, -0.15) is 0 Å². The Morgan fingerprint density at radius 3 is 2.77 bits per heavy atom. The van der Waals surface area contributed by atoms with E-state index >= 15 is 0 Å². The van der Waals surface area contributed by atoms with E-state index in [4.69, 9.17) is 11.6 Å². The Hall–Kier alpha value is -2.77. The summed E-state index contributed by atoms with van der Waals surface area (Å²) >= 11 is 7.48. The molecule has 3 heterocycles. The maximum Gasteiger partial charge on any atom is 0.273 e. The molecule has 30 heavy (non-hydrogen) atoms. The lowest BCUT2D eigenvalue weighted by Gasteiger charge is -2.30. The molecule has 0 radical (unpaired) electrons. The first-order valence-corrected chi connectivity index (χ1v) is 11.0. The number of halogens is 1. The molecule has 2 aromatic heterocycles. The summed E-state index contributed by atoms with van der Waals surface area (Å²) < 4.78 is 0. The van der Waals surface area contributed by atoms with Gasteiger partial charge in [-0.3, -0.25) is 14.6 Å². The van der Waals surface area contributed by atoms with Crippen molar-refractivity contribution < 1.29 is 9.59 Å². The molecule has 1 N–H and O–H groups in total. The van der Waals surface area contributed by atoms with Crippen molar-refractivity contribution in [1.82, 2.24) is 20.2 Å². The van der Waals surface area contributed by atoms with Gasteiger partial charge in [0, 0.05) is 53.9 Å². The molecule has 1 aromatic carbocycles. The molecule has 1 aliphatic rings. The lowest BCUT2D eigenvalue weighted by atomic mass is 9.95. The maximum atomic E-state index is 12.8. The van der Waals surface area contributed by atoms with E-state index in [2.05, 4.69) is 15.3 Å². The third kappa shape index (κ3) is 4.86. The second-order valence-electron chi connectivity index (χ2n) is 7.19. The second-order valence-corrected chi connectivity index (χ2v) is 8.49. The third-order valence-electron chi connectivity index (χ3n) is 5.14. The summed E-state index contributed by atoms with van der Waals surface area (Å²) in [5.41, 5.74) is 2.31. The lowest BCUT2D eigenvalue weighted by Crippen LogP contribution is -2.43. The van der Waals surface area contributed by atoms with E-state index in [0.29, 0.717) is 43.2 Å². The molecule has 6 nitrogen and oxygen atoms in total. The highest BCUT2D eigenvalue weighted by Gasteiger charge is 2.28. The molecule has 1 aliphatic heterocycles. The number of thiazole rings is 1. The van der Waals surface area contributed by atoms with Crippen molar-refractivity contribution in [3.8, 4) is 10.6 Å². The SMILES string of the molecule is O=C(NCc1cccnc1)C1CCN(C(=O)c2csc(-c3cccc(Cl)c3)n2)CC1. The van der Waals surface area contributed by atoms with Crippen LogP contribution in [-0.4, -0.2) is 39.8 Å². The molecular formula is C22H21ClN4O2S. The Morgan fingerprint density at radius 1 is 1.20 bits per heavy atom. The van der Waals surface area contributed by atoms with E-state index in [1.54, 1.807) is 22.7 Å². The second kappa shape index (κ2) is 9.36. The fourth-order valence-electron chi connectivity index (χ4n) is 3.47. The van der Waals surface area contributed by atoms with E-state index in [0.717, 1.165) is 16.1 Å². The first-order chi connectivity index (χ1) is 14.6. The highest BCUT2D eigenvalue weighted by atomic mass is 35.5. The summed E-state index contributed by atoms with van der Waals surface area (Å²) in [6, 6.07) is 11.2. The Bertz CT molecular complexity index is 1030. The van der Waals surface area contributed by atoms with Crippen molar-refractivity contribution in [2.45, 2.75) is 19.4 Å². The number of nitrogens with one attached hydrogen (secondary N) is 1. The predicted molar refractivity (Wildman–Crippen MR) is 117 cm³/mol. The number of nitrogens with zero attached hydrogens (tertiary/aromatic N) is 3. The van der Waals surface area contributed by atoms with E-state index in [1.165, 1.54) is 11.3 Å². The van der Waals surface area contributed by atoms with Crippen molar-refractivity contribution in [2.24, 2.45) is 5.92 Å². The molecule has 0 aliphatic carbocycles. The quantitative estimate of drug-likeness (QED) is 0.650. The number of aromatic nitrogens is 2. The van der Waals surface area contributed by atoms with Gasteiger partial charge in [0.05, 0.1) is 0 Å². The number of benzene rings is 1. The van der Waals surface area contributed by atoms with Crippen LogP contribution in [-0.2, 0) is 11.3 Å². The Labute approximate surface area is 183 Å². The van der Waals surface area contributed by atoms with Gasteiger partial charge in [0.2, 0.25) is 5.91 Å². The number of piperidine rings is 1. The summed E-state index contributed by atoms with van der Waals surface area (Å²) in [6.45, 7) is 1.57. The van der Waals surface area contributed by atoms with Crippen LogP contribution in [0.2, 0.25) is 5.02 Å². The zero-order valence-electron chi connectivity index (χ0n) is 16.3. The number of amides is 2. The van der Waals surface area contributed by atoms with Crippen LogP contribution in [0.25, 0.3) is 10.6 Å². The molecule has 1 saturated heterocycles. The molecular weight excluding hydrogens is 420 g/mol. The third-order valence-corrected chi connectivity index (χ3v) is 6.26. The number of rotatable bonds is 5. The highest BCUT2D eigenvalue weighted by Crippen LogP contribution is 2.27. The molecule has 8 heteroatoms. The van der Waals surface area contributed by atoms with Crippen LogP contribution in [0, 0.1) is 5.92 Å². The molecule has 0 spiro atoms. The van der Waals surface area contributed by atoms with Gasteiger partial charge in [-0.1, -0.05) is 29.8 Å². The van der Waals surface area contributed by atoms with Crippen LogP contribution in [0.15, 0.2) is 54.2 Å². The summed E-state index contributed by atoms with van der Waals surface area (Å²) in [7, 11) is 0. The van der Waals surface area contributed by atoms with Crippen LogP contribution < -0.4 is 5.32 Å². The molecule has 2 amide bonds. The van der Waals surface area contributed by atoms with Gasteiger partial charge < -0.3 is 10.2 Å².